The minimum Gasteiger partial charge on any atom is -0.468 e. The molecule has 1 aromatic heterocycles. The number of amides is 1. The van der Waals surface area contributed by atoms with Crippen LogP contribution in [0.4, 0.5) is 15.0 Å². The van der Waals surface area contributed by atoms with Gasteiger partial charge >= 0.3 is 12.1 Å². The number of aromatic nitrogens is 1. The molecule has 1 saturated carbocycles. The van der Waals surface area contributed by atoms with Crippen LogP contribution in [0.25, 0.3) is 0 Å². The molecule has 0 spiro atoms. The second kappa shape index (κ2) is 12.7. The van der Waals surface area contributed by atoms with Crippen molar-refractivity contribution >= 4 is 33.8 Å². The fraction of sp³-hybridized carbons (Fsp3) is 0.708. The highest BCUT2D eigenvalue weighted by molar-refractivity contribution is 9.10. The van der Waals surface area contributed by atoms with Gasteiger partial charge in [0.15, 0.2) is 0 Å². The quantitative estimate of drug-likeness (QED) is 0.338. The Hall–Kier alpha value is -1.94. The number of pyridine rings is 1. The first-order valence-electron chi connectivity index (χ1n) is 11.7. The Kier molecular flexibility index (Phi) is 10.5. The predicted octanol–water partition coefficient (Wildman–Crippen LogP) is 4.32. The number of carbonyl (C=O) groups excluding carboxylic acids is 2. The third-order valence-corrected chi connectivity index (χ3v) is 6.62. The molecule has 0 N–H and O–H groups in total. The van der Waals surface area contributed by atoms with E-state index in [2.05, 4.69) is 25.8 Å². The lowest BCUT2D eigenvalue weighted by Crippen LogP contribution is -2.46. The van der Waals surface area contributed by atoms with Gasteiger partial charge in [0.2, 0.25) is 5.95 Å². The van der Waals surface area contributed by atoms with E-state index in [1.807, 2.05) is 32.7 Å². The maximum absolute atomic E-state index is 13.8. The highest BCUT2D eigenvalue weighted by atomic mass is 79.9. The molecular weight excluding hydrogens is 507 g/mol. The van der Waals surface area contributed by atoms with Crippen LogP contribution < -0.4 is 4.90 Å². The Balaban J connectivity index is 1.91. The number of halogens is 2. The molecule has 1 heterocycles. The zero-order chi connectivity index (χ0) is 25.5. The van der Waals surface area contributed by atoms with Crippen LogP contribution >= 0.6 is 15.9 Å². The van der Waals surface area contributed by atoms with Gasteiger partial charge in [-0.15, -0.1) is 0 Å². The first-order chi connectivity index (χ1) is 15.9. The van der Waals surface area contributed by atoms with E-state index in [4.69, 9.17) is 9.47 Å². The van der Waals surface area contributed by atoms with E-state index in [0.717, 1.165) is 32.2 Å². The average Bonchev–Trinajstić information content (AvgIpc) is 2.77. The SMILES string of the molecule is COC(=O)CN(CCN(C)C(=O)OC(C)(C)C)[C@H]1CC[C@H](CN(C)c2ccc(Br)c(F)n2)CC1. The molecular formula is C24H38BrFN4O4. The van der Waals surface area contributed by atoms with E-state index < -0.39 is 11.5 Å². The van der Waals surface area contributed by atoms with Gasteiger partial charge in [-0.05, 0) is 80.4 Å². The van der Waals surface area contributed by atoms with Crippen molar-refractivity contribution < 1.29 is 23.5 Å². The van der Waals surface area contributed by atoms with E-state index in [9.17, 15) is 14.0 Å². The largest absolute Gasteiger partial charge is 0.468 e. The third kappa shape index (κ3) is 9.02. The van der Waals surface area contributed by atoms with E-state index in [1.54, 1.807) is 24.1 Å². The van der Waals surface area contributed by atoms with Crippen LogP contribution in [0.15, 0.2) is 16.6 Å². The number of likely N-dealkylation sites (N-methyl/N-ethyl adjacent to an activating group) is 1. The zero-order valence-corrected chi connectivity index (χ0v) is 22.7. The molecule has 0 bridgehead atoms. The molecule has 1 aromatic rings. The van der Waals surface area contributed by atoms with Crippen molar-refractivity contribution in [2.75, 3.05) is 52.3 Å². The van der Waals surface area contributed by atoms with Gasteiger partial charge in [-0.2, -0.15) is 4.39 Å². The van der Waals surface area contributed by atoms with E-state index in [0.29, 0.717) is 29.3 Å². The lowest BCUT2D eigenvalue weighted by molar-refractivity contribution is -0.142. The van der Waals surface area contributed by atoms with Crippen molar-refractivity contribution in [3.05, 3.63) is 22.6 Å². The van der Waals surface area contributed by atoms with Crippen LogP contribution in [0.3, 0.4) is 0 Å². The predicted molar refractivity (Wildman–Crippen MR) is 133 cm³/mol. The summed E-state index contributed by atoms with van der Waals surface area (Å²) in [6.07, 6.45) is 3.48. The Morgan fingerprint density at radius 1 is 1.15 bits per heavy atom. The molecule has 0 atom stereocenters. The summed E-state index contributed by atoms with van der Waals surface area (Å²) in [4.78, 5) is 34.0. The first-order valence-corrected chi connectivity index (χ1v) is 12.5. The van der Waals surface area contributed by atoms with E-state index in [1.165, 1.54) is 7.11 Å². The summed E-state index contributed by atoms with van der Waals surface area (Å²) in [5.41, 5.74) is -0.555. The molecule has 0 saturated heterocycles. The molecule has 8 nitrogen and oxygen atoms in total. The summed E-state index contributed by atoms with van der Waals surface area (Å²) in [6.45, 7) is 7.50. The maximum Gasteiger partial charge on any atom is 0.410 e. The van der Waals surface area contributed by atoms with Gasteiger partial charge < -0.3 is 19.3 Å². The number of hydrogen-bond acceptors (Lipinski definition) is 7. The Morgan fingerprint density at radius 3 is 2.35 bits per heavy atom. The van der Waals surface area contributed by atoms with Crippen molar-refractivity contribution in [1.82, 2.24) is 14.8 Å². The molecule has 34 heavy (non-hydrogen) atoms. The summed E-state index contributed by atoms with van der Waals surface area (Å²) >= 11 is 3.14. The van der Waals surface area contributed by atoms with Gasteiger partial charge in [0.25, 0.3) is 0 Å². The minimum atomic E-state index is -0.555. The second-order valence-electron chi connectivity index (χ2n) is 9.95. The normalized spacial score (nSPS) is 18.5. The molecule has 0 unspecified atom stereocenters. The summed E-state index contributed by atoms with van der Waals surface area (Å²) < 4.78 is 24.5. The summed E-state index contributed by atoms with van der Waals surface area (Å²) in [7, 11) is 5.02. The fourth-order valence-corrected chi connectivity index (χ4v) is 4.35. The van der Waals surface area contributed by atoms with Gasteiger partial charge in [0.05, 0.1) is 18.1 Å². The number of rotatable bonds is 9. The smallest absolute Gasteiger partial charge is 0.410 e. The molecule has 0 aromatic carbocycles. The highest BCUT2D eigenvalue weighted by Crippen LogP contribution is 2.29. The number of nitrogens with zero attached hydrogens (tertiary/aromatic N) is 4. The Morgan fingerprint density at radius 2 is 1.79 bits per heavy atom. The first kappa shape index (κ1) is 28.3. The van der Waals surface area contributed by atoms with E-state index >= 15 is 0 Å². The number of carbonyl (C=O) groups is 2. The zero-order valence-electron chi connectivity index (χ0n) is 21.1. The van der Waals surface area contributed by atoms with Crippen LogP contribution in [-0.4, -0.2) is 85.9 Å². The molecule has 0 radical (unpaired) electrons. The molecule has 0 aliphatic heterocycles. The fourth-order valence-electron chi connectivity index (χ4n) is 4.12. The number of ether oxygens (including phenoxy) is 2. The average molecular weight is 545 g/mol. The summed E-state index contributed by atoms with van der Waals surface area (Å²) in [5.74, 6) is 0.271. The molecule has 2 rings (SSSR count). The topological polar surface area (TPSA) is 75.2 Å². The van der Waals surface area contributed by atoms with Crippen molar-refractivity contribution in [2.45, 2.75) is 58.1 Å². The number of anilines is 1. The standard InChI is InChI=1S/C24H38BrFN4O4/c1-24(2,3)34-23(32)28(4)13-14-30(16-21(31)33-6)18-9-7-17(8-10-18)15-29(5)20-12-11-19(25)22(26)27-20/h11-12,17-18H,7-10,13-16H2,1-6H3/t17-,18-. The molecule has 10 heteroatoms. The highest BCUT2D eigenvalue weighted by Gasteiger charge is 2.29. The number of hydrogen-bond donors (Lipinski definition) is 0. The molecule has 1 amide bonds. The van der Waals surface area contributed by atoms with Gasteiger partial charge in [-0.1, -0.05) is 0 Å². The molecule has 1 fully saturated rings. The molecule has 192 valence electrons. The molecule has 1 aliphatic carbocycles. The lowest BCUT2D eigenvalue weighted by Gasteiger charge is -2.38. The van der Waals surface area contributed by atoms with Gasteiger partial charge in [0.1, 0.15) is 11.4 Å². The Labute approximate surface area is 210 Å². The van der Waals surface area contributed by atoms with Gasteiger partial charge in [-0.3, -0.25) is 9.69 Å². The summed E-state index contributed by atoms with van der Waals surface area (Å²) in [6, 6.07) is 3.71. The van der Waals surface area contributed by atoms with Crippen molar-refractivity contribution in [1.29, 1.82) is 0 Å². The second-order valence-corrected chi connectivity index (χ2v) is 10.8. The molecule has 1 aliphatic rings. The van der Waals surface area contributed by atoms with E-state index in [-0.39, 0.29) is 24.6 Å². The number of esters is 1. The van der Waals surface area contributed by atoms with Crippen molar-refractivity contribution in [3.8, 4) is 0 Å². The van der Waals surface area contributed by atoms with Crippen LogP contribution in [0.1, 0.15) is 46.5 Å². The van der Waals surface area contributed by atoms with Gasteiger partial charge in [0, 0.05) is 39.8 Å². The van der Waals surface area contributed by atoms with Gasteiger partial charge in [-0.25, -0.2) is 9.78 Å². The monoisotopic (exact) mass is 544 g/mol. The van der Waals surface area contributed by atoms with Crippen LogP contribution in [0.2, 0.25) is 0 Å². The third-order valence-electron chi connectivity index (χ3n) is 6.03. The summed E-state index contributed by atoms with van der Waals surface area (Å²) in [5, 5.41) is 0. The van der Waals surface area contributed by atoms with Crippen molar-refractivity contribution in [2.24, 2.45) is 5.92 Å². The number of methoxy groups -OCH3 is 1. The maximum atomic E-state index is 13.8. The van der Waals surface area contributed by atoms with Crippen LogP contribution in [-0.2, 0) is 14.3 Å². The van der Waals surface area contributed by atoms with Crippen molar-refractivity contribution in [3.63, 3.8) is 0 Å². The van der Waals surface area contributed by atoms with Crippen LogP contribution in [0, 0.1) is 11.9 Å². The minimum absolute atomic E-state index is 0.190. The lowest BCUT2D eigenvalue weighted by atomic mass is 9.85. The Bertz CT molecular complexity index is 828. The van der Waals surface area contributed by atoms with Crippen LogP contribution in [0.5, 0.6) is 0 Å².